The predicted molar refractivity (Wildman–Crippen MR) is 229 cm³/mol. The van der Waals surface area contributed by atoms with Crippen molar-refractivity contribution in [3.05, 3.63) is 199 Å². The zero-order chi connectivity index (χ0) is 37.0. The number of allylic oxidation sites excluding steroid dienone is 8. The number of hydrogen-bond acceptors (Lipinski definition) is 4. The number of fused-ring (bicyclic) bond motifs is 6. The minimum atomic E-state index is -0.00783. The van der Waals surface area contributed by atoms with E-state index < -0.39 is 0 Å². The molecule has 0 radical (unpaired) electrons. The van der Waals surface area contributed by atoms with Gasteiger partial charge in [0.2, 0.25) is 0 Å². The van der Waals surface area contributed by atoms with E-state index in [1.165, 1.54) is 44.1 Å². The molecule has 2 aliphatic carbocycles. The van der Waals surface area contributed by atoms with Crippen molar-refractivity contribution in [3.8, 4) is 17.1 Å². The van der Waals surface area contributed by atoms with Crippen molar-refractivity contribution in [2.45, 2.75) is 25.2 Å². The number of furan rings is 1. The lowest BCUT2D eigenvalue weighted by molar-refractivity contribution is 0.668. The summed E-state index contributed by atoms with van der Waals surface area (Å²) in [5, 5.41) is 4.49. The normalized spacial score (nSPS) is 15.7. The molecule has 6 aromatic carbocycles. The molecule has 5 nitrogen and oxygen atoms in total. The summed E-state index contributed by atoms with van der Waals surface area (Å²) in [5.41, 5.74) is 12.0. The van der Waals surface area contributed by atoms with Crippen LogP contribution in [0.1, 0.15) is 48.0 Å². The molecule has 1 atom stereocenters. The zero-order valence-electron chi connectivity index (χ0n) is 30.6. The van der Waals surface area contributed by atoms with E-state index in [9.17, 15) is 0 Å². The fraction of sp³-hybridized carbons (Fsp3) is 0.0784. The van der Waals surface area contributed by atoms with Crippen LogP contribution in [-0.4, -0.2) is 19.5 Å². The second-order valence-electron chi connectivity index (χ2n) is 14.7. The van der Waals surface area contributed by atoms with E-state index >= 15 is 0 Å². The van der Waals surface area contributed by atoms with Gasteiger partial charge >= 0.3 is 0 Å². The fourth-order valence-corrected chi connectivity index (χ4v) is 8.61. The molecule has 0 saturated heterocycles. The topological polar surface area (TPSA) is 56.7 Å². The molecule has 0 amide bonds. The van der Waals surface area contributed by atoms with Gasteiger partial charge in [0.1, 0.15) is 17.0 Å². The Balaban J connectivity index is 1.06. The molecule has 2 aliphatic rings. The number of nitrogens with zero attached hydrogens (tertiary/aromatic N) is 4. The third-order valence-corrected chi connectivity index (χ3v) is 11.3. The second kappa shape index (κ2) is 13.3. The Morgan fingerprint density at radius 3 is 2.05 bits per heavy atom. The Kier molecular flexibility index (Phi) is 7.69. The van der Waals surface area contributed by atoms with E-state index in [1.807, 2.05) is 12.1 Å². The molecule has 266 valence electrons. The first-order valence-corrected chi connectivity index (χ1v) is 19.3. The van der Waals surface area contributed by atoms with Crippen LogP contribution in [0.25, 0.3) is 77.5 Å². The first kappa shape index (κ1) is 32.3. The summed E-state index contributed by atoms with van der Waals surface area (Å²) >= 11 is 0. The van der Waals surface area contributed by atoms with Crippen molar-refractivity contribution in [3.63, 3.8) is 0 Å². The van der Waals surface area contributed by atoms with Crippen LogP contribution in [0.15, 0.2) is 180 Å². The van der Waals surface area contributed by atoms with Gasteiger partial charge in [0.05, 0.1) is 11.0 Å². The molecule has 0 aliphatic heterocycles. The number of benzene rings is 6. The van der Waals surface area contributed by atoms with E-state index in [2.05, 4.69) is 168 Å². The lowest BCUT2D eigenvalue weighted by Gasteiger charge is -2.20. The van der Waals surface area contributed by atoms with Crippen molar-refractivity contribution in [1.29, 1.82) is 0 Å². The highest BCUT2D eigenvalue weighted by Crippen LogP contribution is 2.40. The highest BCUT2D eigenvalue weighted by Gasteiger charge is 2.24. The second-order valence-corrected chi connectivity index (χ2v) is 14.7. The van der Waals surface area contributed by atoms with Gasteiger partial charge in [-0.05, 0) is 77.9 Å². The van der Waals surface area contributed by atoms with Crippen molar-refractivity contribution in [2.75, 3.05) is 0 Å². The maximum absolute atomic E-state index is 6.67. The first-order chi connectivity index (χ1) is 27.7. The predicted octanol–water partition coefficient (Wildman–Crippen LogP) is 12.9. The summed E-state index contributed by atoms with van der Waals surface area (Å²) in [7, 11) is 0. The first-order valence-electron chi connectivity index (χ1n) is 19.3. The largest absolute Gasteiger partial charge is 0.456 e. The molecular formula is C51H36N4O. The Bertz CT molecular complexity index is 3050. The Morgan fingerprint density at radius 2 is 1.29 bits per heavy atom. The summed E-state index contributed by atoms with van der Waals surface area (Å²) < 4.78 is 9.00. The van der Waals surface area contributed by atoms with Crippen LogP contribution in [0, 0.1) is 0 Å². The summed E-state index contributed by atoms with van der Waals surface area (Å²) in [4.78, 5) is 15.8. The van der Waals surface area contributed by atoms with E-state index in [-0.39, 0.29) is 5.92 Å². The monoisotopic (exact) mass is 720 g/mol. The van der Waals surface area contributed by atoms with Gasteiger partial charge in [-0.15, -0.1) is 0 Å². The van der Waals surface area contributed by atoms with Gasteiger partial charge in [0.15, 0.2) is 11.6 Å². The number of aromatic nitrogens is 4. The minimum Gasteiger partial charge on any atom is -0.456 e. The highest BCUT2D eigenvalue weighted by molar-refractivity contribution is 6.13. The third-order valence-electron chi connectivity index (χ3n) is 11.3. The summed E-state index contributed by atoms with van der Waals surface area (Å²) in [6.45, 7) is 0. The van der Waals surface area contributed by atoms with E-state index in [1.54, 1.807) is 0 Å². The molecule has 0 bridgehead atoms. The molecule has 0 spiro atoms. The van der Waals surface area contributed by atoms with E-state index in [4.69, 9.17) is 19.4 Å². The average molecular weight is 721 g/mol. The van der Waals surface area contributed by atoms with Crippen molar-refractivity contribution < 1.29 is 4.42 Å². The third kappa shape index (κ3) is 5.51. The van der Waals surface area contributed by atoms with Crippen molar-refractivity contribution in [1.82, 2.24) is 19.5 Å². The lowest BCUT2D eigenvalue weighted by atomic mass is 9.89. The zero-order valence-corrected chi connectivity index (χ0v) is 30.6. The SMILES string of the molecule is C1=CC(c2nc(C3=CCCC(c4ccccc4)=C3)nc(-c3cccc4oc5cc(-n6c7ccccc7c7ccccc76)ccc5c34)n2)CC(c2ccccc2)=C1. The minimum absolute atomic E-state index is 0.00783. The van der Waals surface area contributed by atoms with Crippen molar-refractivity contribution >= 4 is 60.5 Å². The van der Waals surface area contributed by atoms with Crippen LogP contribution in [0.2, 0.25) is 0 Å². The smallest absolute Gasteiger partial charge is 0.164 e. The fourth-order valence-electron chi connectivity index (χ4n) is 8.61. The standard InChI is InChI=1S/C51H36N4O/c1-3-14-33(15-4-1)35-18-11-20-37(30-35)49-52-50(38-21-12-19-36(31-38)34-16-5-2-6-17-34)54-51(53-49)43-24-13-27-46-48(43)42-29-28-39(32-47(42)56-46)55-44-25-9-7-22-40(44)41-23-8-10-26-45(41)55/h1-11,13-18,20-29,31-32,37H,12,19,30H2. The van der Waals surface area contributed by atoms with Crippen LogP contribution in [-0.2, 0) is 0 Å². The summed E-state index contributed by atoms with van der Waals surface area (Å²) in [6.07, 6.45) is 13.8. The molecule has 5 heteroatoms. The van der Waals surface area contributed by atoms with Gasteiger partial charge in [-0.3, -0.25) is 0 Å². The van der Waals surface area contributed by atoms with Crippen LogP contribution < -0.4 is 0 Å². The maximum atomic E-state index is 6.67. The van der Waals surface area contributed by atoms with Crippen LogP contribution >= 0.6 is 0 Å². The Morgan fingerprint density at radius 1 is 0.589 bits per heavy atom. The number of para-hydroxylation sites is 2. The Labute approximate surface area is 324 Å². The molecular weight excluding hydrogens is 685 g/mol. The van der Waals surface area contributed by atoms with Gasteiger partial charge in [0, 0.05) is 50.4 Å². The van der Waals surface area contributed by atoms with Crippen molar-refractivity contribution in [2.24, 2.45) is 0 Å². The molecule has 1 unspecified atom stereocenters. The van der Waals surface area contributed by atoms with Crippen LogP contribution in [0.3, 0.4) is 0 Å². The lowest BCUT2D eigenvalue weighted by Crippen LogP contribution is -2.11. The van der Waals surface area contributed by atoms with Crippen LogP contribution in [0.5, 0.6) is 0 Å². The number of rotatable bonds is 6. The molecule has 0 N–H and O–H groups in total. The quantitative estimate of drug-likeness (QED) is 0.172. The molecule has 3 aromatic heterocycles. The van der Waals surface area contributed by atoms with Gasteiger partial charge in [0.25, 0.3) is 0 Å². The van der Waals surface area contributed by atoms with E-state index in [0.717, 1.165) is 63.8 Å². The molecule has 0 saturated carbocycles. The average Bonchev–Trinajstić information content (AvgIpc) is 3.82. The Hall–Kier alpha value is -7.11. The molecule has 56 heavy (non-hydrogen) atoms. The molecule has 11 rings (SSSR count). The van der Waals surface area contributed by atoms with Gasteiger partial charge in [-0.1, -0.05) is 133 Å². The summed E-state index contributed by atoms with van der Waals surface area (Å²) in [6, 6.07) is 51.1. The van der Waals surface area contributed by atoms with Crippen LogP contribution in [0.4, 0.5) is 0 Å². The molecule has 0 fully saturated rings. The van der Waals surface area contributed by atoms with Gasteiger partial charge in [-0.25, -0.2) is 15.0 Å². The van der Waals surface area contributed by atoms with Gasteiger partial charge in [-0.2, -0.15) is 0 Å². The number of hydrogen-bond donors (Lipinski definition) is 0. The highest BCUT2D eigenvalue weighted by atomic mass is 16.3. The summed E-state index contributed by atoms with van der Waals surface area (Å²) in [5.74, 6) is 2.10. The van der Waals surface area contributed by atoms with Gasteiger partial charge < -0.3 is 8.98 Å². The molecule has 9 aromatic rings. The maximum Gasteiger partial charge on any atom is 0.164 e. The van der Waals surface area contributed by atoms with E-state index in [0.29, 0.717) is 11.6 Å². The molecule has 3 heterocycles.